The van der Waals surface area contributed by atoms with Crippen LogP contribution in [-0.4, -0.2) is 66.2 Å². The zero-order valence-electron chi connectivity index (χ0n) is 37.0. The number of carbonyl (C=O) groups excluding carboxylic acids is 2. The third-order valence-electron chi connectivity index (χ3n) is 10.4. The van der Waals surface area contributed by atoms with Gasteiger partial charge in [0.15, 0.2) is 34.5 Å². The second-order valence-corrected chi connectivity index (χ2v) is 15.0. The maximum Gasteiger partial charge on any atom is 0.328 e. The van der Waals surface area contributed by atoms with Gasteiger partial charge in [0.25, 0.3) is 0 Å². The molecule has 4 aromatic rings. The first-order valence-corrected chi connectivity index (χ1v) is 21.8. The highest BCUT2D eigenvalue weighted by Gasteiger charge is 2.16. The molecule has 3 aromatic carbocycles. The molecule has 0 radical (unpaired) electrons. The lowest BCUT2D eigenvalue weighted by atomic mass is 10.1. The first kappa shape index (κ1) is 47.0. The molecule has 4 aliphatic heterocycles. The SMILES string of the molecule is CCC(/C=C/C(=O)Nc1ccccn1)=C\c1ccc2c(c1)OCO2.CCC(/C=C\C(=O)N1CCCCC1)=C\c1ccc2c(c1)OCO2.CCC(=C/c1ccc2c(c1)OCO2)/C=C/C(=O)O. The van der Waals surface area contributed by atoms with Gasteiger partial charge in [0, 0.05) is 37.5 Å². The quantitative estimate of drug-likeness (QED) is 0.0974. The van der Waals surface area contributed by atoms with Crippen molar-refractivity contribution in [2.75, 3.05) is 38.8 Å². The standard InChI is InChI=1S/C19H18N2O3.C19H23NO3.C14H14O4/c1-2-14(7-9-19(22)21-18-5-3-4-10-20-18)11-15-6-8-16-17(12-15)24-13-23-16;1-2-15(7-9-19(21)20-10-4-3-5-11-20)12-16-6-8-17-18(13-16)23-14-22-17;1-2-10(4-6-14(15)16)7-11-3-5-12-13(8-11)18-9-17-12/h3-12H,2,13H2,1H3,(H,20,21,22);6-9,12-13H,2-5,10-11,14H2,1H3;3-8H,2,9H2,1H3,(H,15,16)/b9-7+,14-11+;9-7-,15-12+;6-4+,10-7-. The van der Waals surface area contributed by atoms with Crippen molar-refractivity contribution in [3.8, 4) is 34.5 Å². The number of benzene rings is 3. The normalized spacial score (nSPS) is 15.1. The van der Waals surface area contributed by atoms with Crippen LogP contribution in [0.25, 0.3) is 18.2 Å². The number of pyridine rings is 1. The number of nitrogens with one attached hydrogen (secondary N) is 1. The molecule has 1 saturated heterocycles. The number of rotatable bonds is 13. The molecule has 338 valence electrons. The summed E-state index contributed by atoms with van der Waals surface area (Å²) in [5, 5.41) is 11.3. The zero-order chi connectivity index (χ0) is 45.8. The van der Waals surface area contributed by atoms with Crippen LogP contribution in [0, 0.1) is 0 Å². The number of anilines is 1. The molecular formula is C52H55N3O10. The average molecular weight is 882 g/mol. The number of hydrogen-bond donors (Lipinski definition) is 2. The fraction of sp³-hybridized carbons (Fsp3) is 0.269. The Morgan fingerprint density at radius 3 is 1.45 bits per heavy atom. The van der Waals surface area contributed by atoms with Crippen molar-refractivity contribution < 1.29 is 47.9 Å². The van der Waals surface area contributed by atoms with Crippen LogP contribution in [-0.2, 0) is 14.4 Å². The molecule has 0 aliphatic carbocycles. The van der Waals surface area contributed by atoms with Crippen molar-refractivity contribution in [3.05, 3.63) is 149 Å². The van der Waals surface area contributed by atoms with Gasteiger partial charge in [-0.05, 0) is 120 Å². The van der Waals surface area contributed by atoms with E-state index in [2.05, 4.69) is 23.3 Å². The van der Waals surface area contributed by atoms with E-state index in [0.29, 0.717) is 5.82 Å². The van der Waals surface area contributed by atoms with Crippen molar-refractivity contribution in [1.82, 2.24) is 9.88 Å². The number of aliphatic carboxylic acids is 1. The maximum absolute atomic E-state index is 12.2. The van der Waals surface area contributed by atoms with E-state index >= 15 is 0 Å². The predicted molar refractivity (Wildman–Crippen MR) is 251 cm³/mol. The topological polar surface area (TPSA) is 155 Å². The number of carboxylic acids is 1. The molecule has 13 nitrogen and oxygen atoms in total. The molecule has 4 aliphatic rings. The molecule has 8 rings (SSSR count). The molecule has 0 bridgehead atoms. The van der Waals surface area contributed by atoms with Gasteiger partial charge in [0.1, 0.15) is 5.82 Å². The fourth-order valence-corrected chi connectivity index (χ4v) is 6.82. The molecule has 13 heteroatoms. The number of allylic oxidation sites excluding steroid dienone is 6. The number of carbonyl (C=O) groups is 3. The lowest BCUT2D eigenvalue weighted by Crippen LogP contribution is -2.34. The maximum atomic E-state index is 12.2. The number of fused-ring (bicyclic) bond motifs is 3. The van der Waals surface area contributed by atoms with Gasteiger partial charge in [-0.15, -0.1) is 0 Å². The minimum atomic E-state index is -0.944. The van der Waals surface area contributed by atoms with Crippen molar-refractivity contribution in [3.63, 3.8) is 0 Å². The van der Waals surface area contributed by atoms with Gasteiger partial charge < -0.3 is 43.7 Å². The number of nitrogens with zero attached hydrogens (tertiary/aromatic N) is 2. The summed E-state index contributed by atoms with van der Waals surface area (Å²) in [6.07, 6.45) is 23.3. The number of piperidine rings is 1. The number of ether oxygens (including phenoxy) is 6. The lowest BCUT2D eigenvalue weighted by Gasteiger charge is -2.25. The van der Waals surface area contributed by atoms with Gasteiger partial charge in [-0.1, -0.05) is 81.5 Å². The van der Waals surface area contributed by atoms with E-state index < -0.39 is 5.97 Å². The minimum absolute atomic E-state index is 0.120. The Balaban J connectivity index is 0.000000163. The van der Waals surface area contributed by atoms with Gasteiger partial charge in [-0.25, -0.2) is 9.78 Å². The summed E-state index contributed by atoms with van der Waals surface area (Å²) in [5.74, 6) is 4.04. The zero-order valence-corrected chi connectivity index (χ0v) is 37.0. The van der Waals surface area contributed by atoms with Crippen LogP contribution in [0.1, 0.15) is 76.0 Å². The smallest absolute Gasteiger partial charge is 0.328 e. The molecule has 0 unspecified atom stereocenters. The molecule has 1 fully saturated rings. The van der Waals surface area contributed by atoms with Gasteiger partial charge in [-0.3, -0.25) is 9.59 Å². The average Bonchev–Trinajstić information content (AvgIpc) is 4.13. The summed E-state index contributed by atoms with van der Waals surface area (Å²) in [6.45, 7) is 8.68. The monoisotopic (exact) mass is 881 g/mol. The number of carboxylic acid groups (broad SMARTS) is 1. The van der Waals surface area contributed by atoms with Crippen LogP contribution in [0.15, 0.2) is 132 Å². The largest absolute Gasteiger partial charge is 0.478 e. The van der Waals surface area contributed by atoms with Crippen LogP contribution < -0.4 is 33.7 Å². The summed E-state index contributed by atoms with van der Waals surface area (Å²) in [5.41, 5.74) is 6.12. The Morgan fingerprint density at radius 2 is 1.02 bits per heavy atom. The highest BCUT2D eigenvalue weighted by molar-refractivity contribution is 5.99. The summed E-state index contributed by atoms with van der Waals surface area (Å²) in [7, 11) is 0. The van der Waals surface area contributed by atoms with Crippen LogP contribution >= 0.6 is 0 Å². The van der Waals surface area contributed by atoms with Crippen LogP contribution in [0.3, 0.4) is 0 Å². The molecule has 5 heterocycles. The van der Waals surface area contributed by atoms with Crippen LogP contribution in [0.4, 0.5) is 5.82 Å². The third kappa shape index (κ3) is 14.8. The molecule has 1 aromatic heterocycles. The second-order valence-electron chi connectivity index (χ2n) is 15.0. The van der Waals surface area contributed by atoms with E-state index in [1.165, 1.54) is 12.5 Å². The number of aromatic nitrogens is 1. The van der Waals surface area contributed by atoms with E-state index in [1.54, 1.807) is 30.5 Å². The molecule has 2 N–H and O–H groups in total. The molecule has 65 heavy (non-hydrogen) atoms. The Labute approximate surface area is 380 Å². The number of amides is 2. The van der Waals surface area contributed by atoms with Gasteiger partial charge in [0.2, 0.25) is 32.2 Å². The van der Waals surface area contributed by atoms with E-state index in [1.807, 2.05) is 104 Å². The lowest BCUT2D eigenvalue weighted by molar-refractivity contribution is -0.131. The van der Waals surface area contributed by atoms with Gasteiger partial charge in [-0.2, -0.15) is 0 Å². The van der Waals surface area contributed by atoms with Crippen molar-refractivity contribution in [2.24, 2.45) is 0 Å². The Kier molecular flexibility index (Phi) is 17.6. The summed E-state index contributed by atoms with van der Waals surface area (Å²) < 4.78 is 31.9. The van der Waals surface area contributed by atoms with Crippen molar-refractivity contribution >= 4 is 41.8 Å². The highest BCUT2D eigenvalue weighted by atomic mass is 16.7. The number of hydrogen-bond acceptors (Lipinski definition) is 10. The molecule has 0 spiro atoms. The first-order valence-electron chi connectivity index (χ1n) is 21.8. The van der Waals surface area contributed by atoms with Crippen molar-refractivity contribution in [1.29, 1.82) is 0 Å². The minimum Gasteiger partial charge on any atom is -0.478 e. The fourth-order valence-electron chi connectivity index (χ4n) is 6.82. The van der Waals surface area contributed by atoms with Gasteiger partial charge in [0.05, 0.1) is 0 Å². The van der Waals surface area contributed by atoms with E-state index in [-0.39, 0.29) is 32.2 Å². The summed E-state index contributed by atoms with van der Waals surface area (Å²) in [4.78, 5) is 40.6. The molecule has 0 saturated carbocycles. The number of likely N-dealkylation sites (tertiary alicyclic amines) is 1. The summed E-state index contributed by atoms with van der Waals surface area (Å²) >= 11 is 0. The first-order chi connectivity index (χ1) is 31.7. The molecule has 0 atom stereocenters. The van der Waals surface area contributed by atoms with Crippen LogP contribution in [0.5, 0.6) is 34.5 Å². The Hall–Kier alpha value is -7.54. The highest BCUT2D eigenvalue weighted by Crippen LogP contribution is 2.35. The van der Waals surface area contributed by atoms with E-state index in [0.717, 1.165) is 119 Å². The third-order valence-corrected chi connectivity index (χ3v) is 10.4. The Bertz CT molecular complexity index is 2460. The van der Waals surface area contributed by atoms with E-state index in [4.69, 9.17) is 33.5 Å². The van der Waals surface area contributed by atoms with E-state index in [9.17, 15) is 14.4 Å². The second kappa shape index (κ2) is 24.3. The van der Waals surface area contributed by atoms with Crippen molar-refractivity contribution in [2.45, 2.75) is 59.3 Å². The molecular weight excluding hydrogens is 827 g/mol. The summed E-state index contributed by atoms with van der Waals surface area (Å²) in [6, 6.07) is 22.7. The van der Waals surface area contributed by atoms with Crippen LogP contribution in [0.2, 0.25) is 0 Å². The Morgan fingerprint density at radius 1 is 0.569 bits per heavy atom. The van der Waals surface area contributed by atoms with Gasteiger partial charge >= 0.3 is 5.97 Å². The predicted octanol–water partition coefficient (Wildman–Crippen LogP) is 10.4. The molecule has 2 amide bonds.